The van der Waals surface area contributed by atoms with Crippen molar-refractivity contribution in [2.75, 3.05) is 32.1 Å². The van der Waals surface area contributed by atoms with Crippen LogP contribution < -0.4 is 4.90 Å². The van der Waals surface area contributed by atoms with Crippen molar-refractivity contribution in [3.63, 3.8) is 0 Å². The standard InChI is InChI=1S/C31H38F2N2O/c1-5-19-34(3)27-17-15-23(29(32)21-27)9-7-11-25-13-14-26(31(25)36)12-8-10-24-16-18-28(22-30(24)33)35(4)20-6-2/h7-12,15,17-18,21-22,26H,5-6,13-14,16,19-20H2,1-4H3. The first kappa shape index (κ1) is 27.4. The summed E-state index contributed by atoms with van der Waals surface area (Å²) in [5.41, 5.74) is 3.62. The van der Waals surface area contributed by atoms with Gasteiger partial charge in [-0.2, -0.15) is 0 Å². The molecule has 0 spiro atoms. The first-order valence-corrected chi connectivity index (χ1v) is 12.9. The molecule has 0 radical (unpaired) electrons. The van der Waals surface area contributed by atoms with Crippen LogP contribution in [0.4, 0.5) is 14.5 Å². The molecular weight excluding hydrogens is 454 g/mol. The molecular formula is C31H38F2N2O. The molecule has 1 aromatic rings. The van der Waals surface area contributed by atoms with E-state index < -0.39 is 0 Å². The van der Waals surface area contributed by atoms with Gasteiger partial charge < -0.3 is 9.80 Å². The van der Waals surface area contributed by atoms with Crippen LogP contribution in [0, 0.1) is 11.7 Å². The number of hydrogen-bond donors (Lipinski definition) is 0. The number of Topliss-reactive ketones (excluding diaryl/α,β-unsaturated/α-hetero) is 1. The van der Waals surface area contributed by atoms with Gasteiger partial charge in [0, 0.05) is 50.1 Å². The average molecular weight is 493 g/mol. The Bertz CT molecular complexity index is 1120. The molecule has 192 valence electrons. The van der Waals surface area contributed by atoms with Crippen molar-refractivity contribution < 1.29 is 13.6 Å². The van der Waals surface area contributed by atoms with Gasteiger partial charge in [0.1, 0.15) is 11.6 Å². The van der Waals surface area contributed by atoms with E-state index in [-0.39, 0.29) is 23.3 Å². The molecule has 0 heterocycles. The largest absolute Gasteiger partial charge is 0.375 e. The smallest absolute Gasteiger partial charge is 0.165 e. The molecule has 0 aromatic heterocycles. The van der Waals surface area contributed by atoms with Crippen molar-refractivity contribution in [2.45, 2.75) is 46.0 Å². The first-order valence-electron chi connectivity index (χ1n) is 12.9. The van der Waals surface area contributed by atoms with Crippen LogP contribution >= 0.6 is 0 Å². The maximum Gasteiger partial charge on any atom is 0.165 e. The number of anilines is 1. The number of carbonyl (C=O) groups excluding carboxylic acids is 1. The van der Waals surface area contributed by atoms with Gasteiger partial charge in [0.15, 0.2) is 5.78 Å². The number of allylic oxidation sites excluding steroid dienone is 10. The molecule has 0 aliphatic heterocycles. The predicted octanol–water partition coefficient (Wildman–Crippen LogP) is 7.56. The Morgan fingerprint density at radius 3 is 2.42 bits per heavy atom. The lowest BCUT2D eigenvalue weighted by molar-refractivity contribution is -0.116. The van der Waals surface area contributed by atoms with Gasteiger partial charge in [0.2, 0.25) is 0 Å². The fraction of sp³-hybridized carbons (Fsp3) is 0.387. The van der Waals surface area contributed by atoms with Gasteiger partial charge in [-0.25, -0.2) is 8.78 Å². The molecule has 2 aliphatic rings. The monoisotopic (exact) mass is 492 g/mol. The lowest BCUT2D eigenvalue weighted by Gasteiger charge is -2.22. The Hall–Kier alpha value is -3.21. The third-order valence-electron chi connectivity index (χ3n) is 6.69. The molecule has 1 saturated carbocycles. The fourth-order valence-electron chi connectivity index (χ4n) is 4.55. The minimum absolute atomic E-state index is 0.0781. The van der Waals surface area contributed by atoms with E-state index in [0.717, 1.165) is 49.3 Å². The van der Waals surface area contributed by atoms with Crippen molar-refractivity contribution >= 4 is 17.5 Å². The maximum absolute atomic E-state index is 14.5. The van der Waals surface area contributed by atoms with Gasteiger partial charge in [0.25, 0.3) is 0 Å². The highest BCUT2D eigenvalue weighted by atomic mass is 19.1. The van der Waals surface area contributed by atoms with Gasteiger partial charge in [0.05, 0.1) is 0 Å². The highest BCUT2D eigenvalue weighted by Gasteiger charge is 2.26. The van der Waals surface area contributed by atoms with E-state index in [0.29, 0.717) is 24.0 Å². The Morgan fingerprint density at radius 2 is 1.72 bits per heavy atom. The summed E-state index contributed by atoms with van der Waals surface area (Å²) in [5, 5.41) is 0. The topological polar surface area (TPSA) is 23.6 Å². The summed E-state index contributed by atoms with van der Waals surface area (Å²) in [5.74, 6) is -0.626. The molecule has 3 rings (SSSR count). The first-order chi connectivity index (χ1) is 17.3. The van der Waals surface area contributed by atoms with E-state index in [1.807, 2.05) is 37.2 Å². The number of ketones is 1. The SMILES string of the molecule is CCCN(C)C1=CCC(=CC=CC2CCC(=CC=Cc3ccc(N(C)CCC)cc3F)C2=O)C(F)=C1. The van der Waals surface area contributed by atoms with E-state index in [1.54, 1.807) is 48.6 Å². The van der Waals surface area contributed by atoms with Crippen LogP contribution in [0.3, 0.4) is 0 Å². The molecule has 36 heavy (non-hydrogen) atoms. The lowest BCUT2D eigenvalue weighted by Crippen LogP contribution is -2.18. The third kappa shape index (κ3) is 7.16. The molecule has 5 heteroatoms. The van der Waals surface area contributed by atoms with E-state index >= 15 is 0 Å². The summed E-state index contributed by atoms with van der Waals surface area (Å²) in [7, 11) is 3.92. The lowest BCUT2D eigenvalue weighted by atomic mass is 10.0. The predicted molar refractivity (Wildman–Crippen MR) is 147 cm³/mol. The van der Waals surface area contributed by atoms with Gasteiger partial charge in [-0.05, 0) is 67.5 Å². The van der Waals surface area contributed by atoms with Crippen molar-refractivity contribution in [1.82, 2.24) is 4.90 Å². The highest BCUT2D eigenvalue weighted by Crippen LogP contribution is 2.29. The Morgan fingerprint density at radius 1 is 1.00 bits per heavy atom. The Balaban J connectivity index is 1.58. The van der Waals surface area contributed by atoms with Gasteiger partial charge >= 0.3 is 0 Å². The summed E-state index contributed by atoms with van der Waals surface area (Å²) < 4.78 is 29.0. The van der Waals surface area contributed by atoms with Crippen molar-refractivity contribution in [1.29, 1.82) is 0 Å². The molecule has 0 N–H and O–H groups in total. The molecule has 0 bridgehead atoms. The van der Waals surface area contributed by atoms with Gasteiger partial charge in [-0.1, -0.05) is 56.4 Å². The zero-order chi connectivity index (χ0) is 26.1. The number of nitrogens with zero attached hydrogens (tertiary/aromatic N) is 2. The minimum Gasteiger partial charge on any atom is -0.375 e. The Kier molecular flexibility index (Phi) is 10.0. The zero-order valence-electron chi connectivity index (χ0n) is 21.9. The molecule has 1 atom stereocenters. The number of likely N-dealkylation sites (N-methyl/N-ethyl adjacent to an activating group) is 1. The second kappa shape index (κ2) is 13.2. The van der Waals surface area contributed by atoms with Gasteiger partial charge in [-0.3, -0.25) is 4.79 Å². The van der Waals surface area contributed by atoms with Crippen LogP contribution in [0.1, 0.15) is 51.5 Å². The van der Waals surface area contributed by atoms with E-state index in [4.69, 9.17) is 0 Å². The number of carbonyl (C=O) groups is 1. The van der Waals surface area contributed by atoms with E-state index in [2.05, 4.69) is 18.7 Å². The summed E-state index contributed by atoms with van der Waals surface area (Å²) in [6.07, 6.45) is 18.2. The summed E-state index contributed by atoms with van der Waals surface area (Å²) in [6.45, 7) is 5.95. The summed E-state index contributed by atoms with van der Waals surface area (Å²) >= 11 is 0. The second-order valence-electron chi connectivity index (χ2n) is 9.51. The molecule has 0 saturated heterocycles. The van der Waals surface area contributed by atoms with Crippen LogP contribution in [-0.4, -0.2) is 37.9 Å². The van der Waals surface area contributed by atoms with Crippen LogP contribution in [0.2, 0.25) is 0 Å². The number of hydrogen-bond acceptors (Lipinski definition) is 3. The molecule has 1 unspecified atom stereocenters. The molecule has 2 aliphatic carbocycles. The van der Waals surface area contributed by atoms with Crippen molar-refractivity contribution in [3.05, 3.63) is 94.8 Å². The molecule has 3 nitrogen and oxygen atoms in total. The van der Waals surface area contributed by atoms with Crippen LogP contribution in [-0.2, 0) is 4.79 Å². The normalized spacial score (nSPS) is 20.6. The second-order valence-corrected chi connectivity index (χ2v) is 9.51. The Labute approximate surface area is 214 Å². The van der Waals surface area contributed by atoms with Crippen LogP contribution in [0.25, 0.3) is 6.08 Å². The van der Waals surface area contributed by atoms with Crippen molar-refractivity contribution in [2.24, 2.45) is 5.92 Å². The summed E-state index contributed by atoms with van der Waals surface area (Å²) in [6, 6.07) is 5.22. The molecule has 0 amide bonds. The fourth-order valence-corrected chi connectivity index (χ4v) is 4.55. The van der Waals surface area contributed by atoms with E-state index in [9.17, 15) is 13.6 Å². The summed E-state index contributed by atoms with van der Waals surface area (Å²) in [4.78, 5) is 16.9. The zero-order valence-corrected chi connectivity index (χ0v) is 21.9. The highest BCUT2D eigenvalue weighted by molar-refractivity contribution is 6.00. The minimum atomic E-state index is -0.278. The number of halogens is 2. The number of rotatable bonds is 10. The van der Waals surface area contributed by atoms with Crippen molar-refractivity contribution in [3.8, 4) is 0 Å². The molecule has 1 fully saturated rings. The van der Waals surface area contributed by atoms with Crippen LogP contribution in [0.5, 0.6) is 0 Å². The quantitative estimate of drug-likeness (QED) is 0.315. The van der Waals surface area contributed by atoms with Gasteiger partial charge in [-0.15, -0.1) is 0 Å². The van der Waals surface area contributed by atoms with Crippen LogP contribution in [0.15, 0.2) is 83.4 Å². The van der Waals surface area contributed by atoms with E-state index in [1.165, 1.54) is 0 Å². The average Bonchev–Trinajstić information content (AvgIpc) is 3.20. The third-order valence-corrected chi connectivity index (χ3v) is 6.69. The molecule has 1 aromatic carbocycles. The number of benzene rings is 1. The maximum atomic E-state index is 14.5.